The van der Waals surface area contributed by atoms with Crippen molar-refractivity contribution in [2.24, 2.45) is 0 Å². The van der Waals surface area contributed by atoms with E-state index >= 15 is 0 Å². The normalized spacial score (nSPS) is 19.1. The summed E-state index contributed by atoms with van der Waals surface area (Å²) in [5.41, 5.74) is 1.35. The van der Waals surface area contributed by atoms with Crippen molar-refractivity contribution >= 4 is 0 Å². The zero-order valence-corrected chi connectivity index (χ0v) is 9.02. The van der Waals surface area contributed by atoms with E-state index in [1.807, 2.05) is 18.2 Å². The fourth-order valence-corrected chi connectivity index (χ4v) is 1.62. The van der Waals surface area contributed by atoms with Crippen molar-refractivity contribution in [2.75, 3.05) is 0 Å². The maximum absolute atomic E-state index is 5.82. The fourth-order valence-electron chi connectivity index (χ4n) is 1.62. The molecule has 0 radical (unpaired) electrons. The van der Waals surface area contributed by atoms with Gasteiger partial charge in [0.25, 0.3) is 0 Å². The van der Waals surface area contributed by atoms with Gasteiger partial charge in [0.15, 0.2) is 0 Å². The SMILES string of the molecule is CCc1ccc(OC2C=CC=CC2)cc1. The van der Waals surface area contributed by atoms with Crippen LogP contribution in [0.1, 0.15) is 18.9 Å². The first-order valence-corrected chi connectivity index (χ1v) is 5.47. The number of rotatable bonds is 3. The molecule has 1 unspecified atom stereocenters. The zero-order chi connectivity index (χ0) is 10.5. The Balaban J connectivity index is 1.98. The average Bonchev–Trinajstić information content (AvgIpc) is 2.31. The highest BCUT2D eigenvalue weighted by Crippen LogP contribution is 2.17. The summed E-state index contributed by atoms with van der Waals surface area (Å²) in [5.74, 6) is 0.956. The summed E-state index contributed by atoms with van der Waals surface area (Å²) in [6.45, 7) is 2.16. The Morgan fingerprint density at radius 1 is 1.20 bits per heavy atom. The second-order valence-corrected chi connectivity index (χ2v) is 3.70. The first kappa shape index (κ1) is 10.0. The molecule has 0 bridgehead atoms. The van der Waals surface area contributed by atoms with E-state index < -0.39 is 0 Å². The van der Waals surface area contributed by atoms with E-state index in [9.17, 15) is 0 Å². The van der Waals surface area contributed by atoms with E-state index in [4.69, 9.17) is 4.74 Å². The molecule has 0 fully saturated rings. The van der Waals surface area contributed by atoms with Gasteiger partial charge in [0.05, 0.1) is 0 Å². The van der Waals surface area contributed by atoms with Gasteiger partial charge in [0, 0.05) is 6.42 Å². The lowest BCUT2D eigenvalue weighted by Gasteiger charge is -2.15. The van der Waals surface area contributed by atoms with Crippen LogP contribution in [0.3, 0.4) is 0 Å². The molecule has 0 spiro atoms. The third kappa shape index (κ3) is 2.72. The van der Waals surface area contributed by atoms with Crippen LogP contribution in [0.25, 0.3) is 0 Å². The number of ether oxygens (including phenoxy) is 1. The lowest BCUT2D eigenvalue weighted by molar-refractivity contribution is 0.251. The van der Waals surface area contributed by atoms with Gasteiger partial charge in [-0.15, -0.1) is 0 Å². The molecule has 0 amide bonds. The molecule has 1 aliphatic carbocycles. The van der Waals surface area contributed by atoms with Gasteiger partial charge in [-0.2, -0.15) is 0 Å². The van der Waals surface area contributed by atoms with Crippen molar-refractivity contribution in [1.29, 1.82) is 0 Å². The van der Waals surface area contributed by atoms with Gasteiger partial charge < -0.3 is 4.74 Å². The highest BCUT2D eigenvalue weighted by Gasteiger charge is 2.06. The predicted molar refractivity (Wildman–Crippen MR) is 63.1 cm³/mol. The summed E-state index contributed by atoms with van der Waals surface area (Å²) in [6, 6.07) is 8.34. The molecule has 1 aromatic carbocycles. The molecule has 0 heterocycles. The van der Waals surface area contributed by atoms with Crippen molar-refractivity contribution in [3.05, 3.63) is 54.1 Å². The van der Waals surface area contributed by atoms with Crippen LogP contribution in [0.15, 0.2) is 48.6 Å². The molecule has 0 aromatic heterocycles. The van der Waals surface area contributed by atoms with Gasteiger partial charge in [0.2, 0.25) is 0 Å². The molecule has 0 N–H and O–H groups in total. The highest BCUT2D eigenvalue weighted by atomic mass is 16.5. The predicted octanol–water partition coefficient (Wildman–Crippen LogP) is 3.51. The Morgan fingerprint density at radius 2 is 2.00 bits per heavy atom. The fraction of sp³-hybridized carbons (Fsp3) is 0.286. The van der Waals surface area contributed by atoms with Crippen LogP contribution < -0.4 is 4.74 Å². The molecule has 1 nitrogen and oxygen atoms in total. The van der Waals surface area contributed by atoms with E-state index in [2.05, 4.69) is 37.3 Å². The highest BCUT2D eigenvalue weighted by molar-refractivity contribution is 5.28. The smallest absolute Gasteiger partial charge is 0.121 e. The van der Waals surface area contributed by atoms with Gasteiger partial charge >= 0.3 is 0 Å². The van der Waals surface area contributed by atoms with E-state index in [-0.39, 0.29) is 6.10 Å². The van der Waals surface area contributed by atoms with Gasteiger partial charge in [-0.25, -0.2) is 0 Å². The summed E-state index contributed by atoms with van der Waals surface area (Å²) < 4.78 is 5.82. The molecule has 1 aliphatic rings. The Morgan fingerprint density at radius 3 is 2.60 bits per heavy atom. The first-order valence-electron chi connectivity index (χ1n) is 5.47. The van der Waals surface area contributed by atoms with Gasteiger partial charge in [-0.05, 0) is 30.2 Å². The minimum atomic E-state index is 0.197. The van der Waals surface area contributed by atoms with Crippen LogP contribution >= 0.6 is 0 Å². The average molecular weight is 200 g/mol. The lowest BCUT2D eigenvalue weighted by atomic mass is 10.1. The van der Waals surface area contributed by atoms with Crippen LogP contribution in [0.5, 0.6) is 5.75 Å². The van der Waals surface area contributed by atoms with Crippen molar-refractivity contribution in [2.45, 2.75) is 25.9 Å². The third-order valence-corrected chi connectivity index (χ3v) is 2.56. The summed E-state index contributed by atoms with van der Waals surface area (Å²) in [7, 11) is 0. The molecule has 1 heteroatoms. The van der Waals surface area contributed by atoms with Crippen LogP contribution in [0, 0.1) is 0 Å². The topological polar surface area (TPSA) is 9.23 Å². The minimum Gasteiger partial charge on any atom is -0.486 e. The van der Waals surface area contributed by atoms with Gasteiger partial charge in [0.1, 0.15) is 11.9 Å². The maximum atomic E-state index is 5.82. The Labute approximate surface area is 91.1 Å². The van der Waals surface area contributed by atoms with E-state index in [0.29, 0.717) is 0 Å². The molecule has 1 aromatic rings. The van der Waals surface area contributed by atoms with Crippen molar-refractivity contribution < 1.29 is 4.74 Å². The summed E-state index contributed by atoms with van der Waals surface area (Å²) in [6.07, 6.45) is 10.5. The standard InChI is InChI=1S/C14H16O/c1-2-12-8-10-14(11-9-12)15-13-6-4-3-5-7-13/h3-6,8-11,13H,2,7H2,1H3. The number of hydrogen-bond donors (Lipinski definition) is 0. The Bertz CT molecular complexity index is 359. The lowest BCUT2D eigenvalue weighted by Crippen LogP contribution is -2.13. The molecule has 15 heavy (non-hydrogen) atoms. The Kier molecular flexibility index (Phi) is 3.23. The largest absolute Gasteiger partial charge is 0.486 e. The summed E-state index contributed by atoms with van der Waals surface area (Å²) >= 11 is 0. The number of allylic oxidation sites excluding steroid dienone is 2. The number of benzene rings is 1. The molecule has 0 aliphatic heterocycles. The molecule has 78 valence electrons. The second-order valence-electron chi connectivity index (χ2n) is 3.70. The Hall–Kier alpha value is -1.50. The molecule has 0 saturated heterocycles. The van der Waals surface area contributed by atoms with Crippen LogP contribution in [-0.2, 0) is 6.42 Å². The second kappa shape index (κ2) is 4.83. The summed E-state index contributed by atoms with van der Waals surface area (Å²) in [4.78, 5) is 0. The quantitative estimate of drug-likeness (QED) is 0.725. The van der Waals surface area contributed by atoms with Crippen LogP contribution in [-0.4, -0.2) is 6.10 Å². The van der Waals surface area contributed by atoms with Crippen molar-refractivity contribution in [3.8, 4) is 5.75 Å². The number of hydrogen-bond acceptors (Lipinski definition) is 1. The van der Waals surface area contributed by atoms with Crippen molar-refractivity contribution in [3.63, 3.8) is 0 Å². The molecular formula is C14H16O. The monoisotopic (exact) mass is 200 g/mol. The van der Waals surface area contributed by atoms with Gasteiger partial charge in [-0.1, -0.05) is 37.3 Å². The zero-order valence-electron chi connectivity index (χ0n) is 9.02. The van der Waals surface area contributed by atoms with E-state index in [1.165, 1.54) is 5.56 Å². The maximum Gasteiger partial charge on any atom is 0.121 e. The summed E-state index contributed by atoms with van der Waals surface area (Å²) in [5, 5.41) is 0. The molecule has 1 atom stereocenters. The van der Waals surface area contributed by atoms with Crippen molar-refractivity contribution in [1.82, 2.24) is 0 Å². The molecule has 2 rings (SSSR count). The third-order valence-electron chi connectivity index (χ3n) is 2.56. The first-order chi connectivity index (χ1) is 7.38. The van der Waals surface area contributed by atoms with E-state index in [1.54, 1.807) is 0 Å². The molecule has 0 saturated carbocycles. The molecular weight excluding hydrogens is 184 g/mol. The van der Waals surface area contributed by atoms with Gasteiger partial charge in [-0.3, -0.25) is 0 Å². The van der Waals surface area contributed by atoms with Crippen LogP contribution in [0.2, 0.25) is 0 Å². The van der Waals surface area contributed by atoms with E-state index in [0.717, 1.165) is 18.6 Å². The number of aryl methyl sites for hydroxylation is 1. The minimum absolute atomic E-state index is 0.197. The van der Waals surface area contributed by atoms with Crippen LogP contribution in [0.4, 0.5) is 0 Å².